The minimum atomic E-state index is -0.332. The standard InChI is InChI=1S/C21H19N7O2/c1-15-21(30)28(19-10-6-5-9-18(19)23-15)13-17-12-27(26-24-17)14-20(29)25-22-11-16-7-3-2-4-8-16/h2-12H,13-14H2,1H3,(H,25,29)/b22-11-. The molecule has 0 aliphatic heterocycles. The Morgan fingerprint density at radius 3 is 2.73 bits per heavy atom. The Bertz CT molecular complexity index is 1280. The quantitative estimate of drug-likeness (QED) is 0.389. The minimum absolute atomic E-state index is 0.0376. The van der Waals surface area contributed by atoms with Crippen LogP contribution >= 0.6 is 0 Å². The fourth-order valence-electron chi connectivity index (χ4n) is 3.03. The van der Waals surface area contributed by atoms with Crippen LogP contribution in [0.2, 0.25) is 0 Å². The van der Waals surface area contributed by atoms with E-state index >= 15 is 0 Å². The van der Waals surface area contributed by atoms with Gasteiger partial charge in [0, 0.05) is 0 Å². The molecule has 0 bridgehead atoms. The van der Waals surface area contributed by atoms with E-state index < -0.39 is 0 Å². The van der Waals surface area contributed by atoms with Crippen molar-refractivity contribution in [1.82, 2.24) is 30.0 Å². The molecule has 30 heavy (non-hydrogen) atoms. The third-order valence-corrected chi connectivity index (χ3v) is 4.43. The summed E-state index contributed by atoms with van der Waals surface area (Å²) in [6, 6.07) is 16.9. The molecule has 9 heteroatoms. The van der Waals surface area contributed by atoms with Gasteiger partial charge in [-0.05, 0) is 24.6 Å². The lowest BCUT2D eigenvalue weighted by atomic mass is 10.2. The third kappa shape index (κ3) is 4.30. The Morgan fingerprint density at radius 1 is 1.13 bits per heavy atom. The lowest BCUT2D eigenvalue weighted by Gasteiger charge is -2.09. The highest BCUT2D eigenvalue weighted by molar-refractivity contribution is 5.82. The van der Waals surface area contributed by atoms with Gasteiger partial charge in [-0.1, -0.05) is 47.7 Å². The van der Waals surface area contributed by atoms with Crippen molar-refractivity contribution in [2.75, 3.05) is 0 Å². The van der Waals surface area contributed by atoms with Crippen molar-refractivity contribution in [3.8, 4) is 0 Å². The number of fused-ring (bicyclic) bond motifs is 1. The van der Waals surface area contributed by atoms with E-state index in [1.165, 1.54) is 4.68 Å². The highest BCUT2D eigenvalue weighted by atomic mass is 16.2. The molecule has 2 aromatic heterocycles. The van der Waals surface area contributed by atoms with E-state index in [-0.39, 0.29) is 24.6 Å². The number of aryl methyl sites for hydroxylation is 1. The summed E-state index contributed by atoms with van der Waals surface area (Å²) in [5.41, 5.74) is 5.58. The van der Waals surface area contributed by atoms with E-state index in [4.69, 9.17) is 0 Å². The summed E-state index contributed by atoms with van der Waals surface area (Å²) < 4.78 is 3.01. The molecule has 4 aromatic rings. The number of carbonyl (C=O) groups excluding carboxylic acids is 1. The zero-order valence-corrected chi connectivity index (χ0v) is 16.3. The lowest BCUT2D eigenvalue weighted by Crippen LogP contribution is -2.25. The molecule has 1 amide bonds. The highest BCUT2D eigenvalue weighted by Gasteiger charge is 2.11. The molecule has 2 aromatic carbocycles. The van der Waals surface area contributed by atoms with Crippen LogP contribution in [0.15, 0.2) is 70.7 Å². The predicted octanol–water partition coefficient (Wildman–Crippen LogP) is 1.50. The zero-order valence-electron chi connectivity index (χ0n) is 16.3. The van der Waals surface area contributed by atoms with Crippen LogP contribution in [0.4, 0.5) is 0 Å². The lowest BCUT2D eigenvalue weighted by molar-refractivity contribution is -0.121. The van der Waals surface area contributed by atoms with E-state index in [1.807, 2.05) is 54.6 Å². The highest BCUT2D eigenvalue weighted by Crippen LogP contribution is 2.11. The molecule has 9 nitrogen and oxygen atoms in total. The summed E-state index contributed by atoms with van der Waals surface area (Å²) >= 11 is 0. The van der Waals surface area contributed by atoms with E-state index in [2.05, 4.69) is 25.8 Å². The number of aromatic nitrogens is 5. The van der Waals surface area contributed by atoms with Crippen LogP contribution in [0.1, 0.15) is 17.0 Å². The summed E-state index contributed by atoms with van der Waals surface area (Å²) in [6.45, 7) is 1.88. The first kappa shape index (κ1) is 19.2. The smallest absolute Gasteiger partial charge is 0.272 e. The molecule has 0 saturated heterocycles. The van der Waals surface area contributed by atoms with Crippen LogP contribution in [-0.2, 0) is 17.9 Å². The second kappa shape index (κ2) is 8.48. The van der Waals surface area contributed by atoms with Gasteiger partial charge in [-0.15, -0.1) is 5.10 Å². The molecule has 0 saturated carbocycles. The molecular formula is C21H19N7O2. The molecule has 2 heterocycles. The fraction of sp³-hybridized carbons (Fsp3) is 0.143. The van der Waals surface area contributed by atoms with E-state index in [9.17, 15) is 9.59 Å². The third-order valence-electron chi connectivity index (χ3n) is 4.43. The van der Waals surface area contributed by atoms with E-state index in [0.29, 0.717) is 11.4 Å². The van der Waals surface area contributed by atoms with Gasteiger partial charge in [-0.3, -0.25) is 14.2 Å². The van der Waals surface area contributed by atoms with Crippen molar-refractivity contribution in [2.24, 2.45) is 5.10 Å². The van der Waals surface area contributed by atoms with Crippen LogP contribution in [0.3, 0.4) is 0 Å². The van der Waals surface area contributed by atoms with Gasteiger partial charge in [-0.2, -0.15) is 5.10 Å². The van der Waals surface area contributed by atoms with Crippen molar-refractivity contribution in [2.45, 2.75) is 20.0 Å². The number of benzene rings is 2. The Hall–Kier alpha value is -4.14. The number of carbonyl (C=O) groups is 1. The topological polar surface area (TPSA) is 107 Å². The second-order valence-electron chi connectivity index (χ2n) is 6.69. The van der Waals surface area contributed by atoms with Crippen LogP contribution in [0, 0.1) is 6.92 Å². The molecule has 150 valence electrons. The number of hydrazone groups is 1. The number of nitrogens with zero attached hydrogens (tertiary/aromatic N) is 6. The SMILES string of the molecule is Cc1nc2ccccc2n(Cc2cn(CC(=O)N/N=C\c3ccccc3)nn2)c1=O. The van der Waals surface area contributed by atoms with Crippen molar-refractivity contribution in [3.63, 3.8) is 0 Å². The first-order valence-corrected chi connectivity index (χ1v) is 9.32. The Morgan fingerprint density at radius 2 is 1.90 bits per heavy atom. The van der Waals surface area contributed by atoms with Crippen LogP contribution in [0.5, 0.6) is 0 Å². The first-order chi connectivity index (χ1) is 14.6. The average molecular weight is 401 g/mol. The zero-order chi connectivity index (χ0) is 20.9. The second-order valence-corrected chi connectivity index (χ2v) is 6.69. The maximum absolute atomic E-state index is 12.6. The molecular weight excluding hydrogens is 382 g/mol. The van der Waals surface area contributed by atoms with Crippen LogP contribution < -0.4 is 11.0 Å². The normalized spacial score (nSPS) is 11.2. The number of hydrogen-bond acceptors (Lipinski definition) is 6. The number of rotatable bonds is 6. The largest absolute Gasteiger partial charge is 0.299 e. The Labute approximate surface area is 171 Å². The van der Waals surface area contributed by atoms with Gasteiger partial charge >= 0.3 is 0 Å². The van der Waals surface area contributed by atoms with Crippen LogP contribution in [-0.4, -0.2) is 36.7 Å². The molecule has 0 spiro atoms. The van der Waals surface area contributed by atoms with Crippen molar-refractivity contribution >= 4 is 23.2 Å². The monoisotopic (exact) mass is 401 g/mol. The number of nitrogens with one attached hydrogen (secondary N) is 1. The Balaban J connectivity index is 1.44. The molecule has 0 aliphatic rings. The maximum atomic E-state index is 12.6. The Kier molecular flexibility index (Phi) is 5.42. The summed E-state index contributed by atoms with van der Waals surface area (Å²) in [5.74, 6) is -0.332. The van der Waals surface area contributed by atoms with Gasteiger partial charge in [0.2, 0.25) is 0 Å². The maximum Gasteiger partial charge on any atom is 0.272 e. The summed E-state index contributed by atoms with van der Waals surface area (Å²) in [6.07, 6.45) is 3.20. The van der Waals surface area contributed by atoms with Gasteiger partial charge in [0.25, 0.3) is 11.5 Å². The number of para-hydroxylation sites is 2. The average Bonchev–Trinajstić information content (AvgIpc) is 3.19. The molecule has 0 fully saturated rings. The number of amides is 1. The van der Waals surface area contributed by atoms with Crippen molar-refractivity contribution in [3.05, 3.63) is 88.1 Å². The van der Waals surface area contributed by atoms with Gasteiger partial charge in [0.15, 0.2) is 0 Å². The molecule has 4 rings (SSSR count). The molecule has 0 atom stereocenters. The number of hydrogen-bond donors (Lipinski definition) is 1. The van der Waals surface area contributed by atoms with E-state index in [0.717, 1.165) is 16.6 Å². The first-order valence-electron chi connectivity index (χ1n) is 9.32. The summed E-state index contributed by atoms with van der Waals surface area (Å²) in [5, 5.41) is 12.0. The van der Waals surface area contributed by atoms with Gasteiger partial charge < -0.3 is 0 Å². The minimum Gasteiger partial charge on any atom is -0.299 e. The van der Waals surface area contributed by atoms with Gasteiger partial charge in [-0.25, -0.2) is 15.1 Å². The van der Waals surface area contributed by atoms with E-state index in [1.54, 1.807) is 23.9 Å². The molecule has 0 radical (unpaired) electrons. The summed E-state index contributed by atoms with van der Waals surface area (Å²) in [7, 11) is 0. The molecule has 1 N–H and O–H groups in total. The summed E-state index contributed by atoms with van der Waals surface area (Å²) in [4.78, 5) is 29.0. The molecule has 0 aliphatic carbocycles. The van der Waals surface area contributed by atoms with Crippen molar-refractivity contribution < 1.29 is 4.79 Å². The molecule has 0 unspecified atom stereocenters. The van der Waals surface area contributed by atoms with Crippen LogP contribution in [0.25, 0.3) is 11.0 Å². The van der Waals surface area contributed by atoms with Gasteiger partial charge in [0.05, 0.1) is 30.0 Å². The van der Waals surface area contributed by atoms with Crippen molar-refractivity contribution in [1.29, 1.82) is 0 Å². The fourth-order valence-corrected chi connectivity index (χ4v) is 3.03. The predicted molar refractivity (Wildman–Crippen MR) is 112 cm³/mol. The van der Waals surface area contributed by atoms with Gasteiger partial charge in [0.1, 0.15) is 17.9 Å².